The highest BCUT2D eigenvalue weighted by Crippen LogP contribution is 2.35. The second-order valence-electron chi connectivity index (χ2n) is 7.60. The average molecular weight is 361 g/mol. The van der Waals surface area contributed by atoms with Crippen LogP contribution in [-0.4, -0.2) is 47.5 Å². The SMILES string of the molecule is CC(=N)[C@@H](C#N)C(=O)COC(=O)[C@@H]1CC(=O)N([C@@H]2CCC[C@H](C)[C@H]2C)C1. The van der Waals surface area contributed by atoms with E-state index in [1.807, 2.05) is 4.90 Å². The molecule has 0 spiro atoms. The van der Waals surface area contributed by atoms with Crippen molar-refractivity contribution in [3.8, 4) is 6.07 Å². The predicted octanol–water partition coefficient (Wildman–Crippen LogP) is 1.95. The van der Waals surface area contributed by atoms with E-state index in [0.29, 0.717) is 18.4 Å². The summed E-state index contributed by atoms with van der Waals surface area (Å²) < 4.78 is 5.04. The summed E-state index contributed by atoms with van der Waals surface area (Å²) in [6.45, 7) is 5.53. The van der Waals surface area contributed by atoms with Crippen LogP contribution in [0.1, 0.15) is 46.5 Å². The quantitative estimate of drug-likeness (QED) is 0.574. The van der Waals surface area contributed by atoms with Crippen LogP contribution in [0.2, 0.25) is 0 Å². The molecular formula is C19H27N3O4. The summed E-state index contributed by atoms with van der Waals surface area (Å²) in [7, 11) is 0. The molecule has 1 aliphatic carbocycles. The van der Waals surface area contributed by atoms with Crippen LogP contribution in [0.5, 0.6) is 0 Å². The molecule has 26 heavy (non-hydrogen) atoms. The van der Waals surface area contributed by atoms with E-state index in [-0.39, 0.29) is 24.1 Å². The lowest BCUT2D eigenvalue weighted by Gasteiger charge is -2.39. The zero-order valence-electron chi connectivity index (χ0n) is 15.7. The Morgan fingerprint density at radius 3 is 2.69 bits per heavy atom. The molecule has 1 amide bonds. The van der Waals surface area contributed by atoms with E-state index in [4.69, 9.17) is 15.4 Å². The number of nitriles is 1. The van der Waals surface area contributed by atoms with Gasteiger partial charge in [0.05, 0.1) is 12.0 Å². The topological polar surface area (TPSA) is 111 Å². The van der Waals surface area contributed by atoms with E-state index < -0.39 is 30.2 Å². The van der Waals surface area contributed by atoms with Gasteiger partial charge in [-0.2, -0.15) is 5.26 Å². The number of hydrogen-bond acceptors (Lipinski definition) is 6. The molecule has 1 N–H and O–H groups in total. The number of carbonyl (C=O) groups is 3. The minimum absolute atomic E-state index is 0.0329. The van der Waals surface area contributed by atoms with E-state index in [0.717, 1.165) is 12.8 Å². The van der Waals surface area contributed by atoms with Crippen LogP contribution in [0.25, 0.3) is 0 Å². The largest absolute Gasteiger partial charge is 0.457 e. The first-order valence-corrected chi connectivity index (χ1v) is 9.19. The summed E-state index contributed by atoms with van der Waals surface area (Å²) in [6, 6.07) is 1.89. The fraction of sp³-hybridized carbons (Fsp3) is 0.737. The Morgan fingerprint density at radius 1 is 1.38 bits per heavy atom. The van der Waals surface area contributed by atoms with Crippen LogP contribution in [-0.2, 0) is 19.1 Å². The lowest BCUT2D eigenvalue weighted by Crippen LogP contribution is -2.45. The van der Waals surface area contributed by atoms with Gasteiger partial charge in [0.1, 0.15) is 5.92 Å². The van der Waals surface area contributed by atoms with Gasteiger partial charge in [0, 0.05) is 24.7 Å². The molecule has 2 fully saturated rings. The fourth-order valence-electron chi connectivity index (χ4n) is 3.96. The third kappa shape index (κ3) is 4.29. The number of ketones is 1. The first kappa shape index (κ1) is 20.1. The molecule has 7 heteroatoms. The summed E-state index contributed by atoms with van der Waals surface area (Å²) in [4.78, 5) is 38.3. The molecule has 2 aliphatic rings. The maximum atomic E-state index is 12.4. The maximum Gasteiger partial charge on any atom is 0.311 e. The Morgan fingerprint density at radius 2 is 2.08 bits per heavy atom. The number of likely N-dealkylation sites (tertiary alicyclic amines) is 1. The van der Waals surface area contributed by atoms with Crippen LogP contribution >= 0.6 is 0 Å². The third-order valence-electron chi connectivity index (χ3n) is 5.80. The molecule has 142 valence electrons. The third-order valence-corrected chi connectivity index (χ3v) is 5.80. The molecule has 0 bridgehead atoms. The Kier molecular flexibility index (Phi) is 6.52. The lowest BCUT2D eigenvalue weighted by atomic mass is 9.77. The van der Waals surface area contributed by atoms with Gasteiger partial charge in [-0.1, -0.05) is 26.7 Å². The number of rotatable bonds is 6. The maximum absolute atomic E-state index is 12.4. The van der Waals surface area contributed by atoms with Crippen LogP contribution in [0.3, 0.4) is 0 Å². The van der Waals surface area contributed by atoms with Crippen molar-refractivity contribution in [3.05, 3.63) is 0 Å². The highest BCUT2D eigenvalue weighted by atomic mass is 16.5. The minimum Gasteiger partial charge on any atom is -0.457 e. The first-order chi connectivity index (χ1) is 12.3. The molecule has 1 saturated carbocycles. The van der Waals surface area contributed by atoms with Crippen molar-refractivity contribution in [1.82, 2.24) is 4.90 Å². The standard InChI is InChI=1S/C19H27N3O4/c1-11-5-4-6-16(12(11)2)22-9-14(7-18(22)24)19(25)26-10-17(23)15(8-20)13(3)21/h11-12,14-16,21H,4-7,9-10H2,1-3H3/t11-,12+,14+,15+,16+/m0/s1. The summed E-state index contributed by atoms with van der Waals surface area (Å²) in [5, 5.41) is 16.3. The van der Waals surface area contributed by atoms with E-state index in [9.17, 15) is 14.4 Å². The molecule has 1 saturated heterocycles. The number of nitrogens with zero attached hydrogens (tertiary/aromatic N) is 2. The van der Waals surface area contributed by atoms with Gasteiger partial charge in [-0.25, -0.2) is 0 Å². The second kappa shape index (κ2) is 8.43. The van der Waals surface area contributed by atoms with Crippen LogP contribution in [0, 0.1) is 40.4 Å². The Hall–Kier alpha value is -2.23. The molecule has 0 unspecified atom stereocenters. The van der Waals surface area contributed by atoms with Crippen molar-refractivity contribution in [3.63, 3.8) is 0 Å². The van der Waals surface area contributed by atoms with Gasteiger partial charge in [0.25, 0.3) is 0 Å². The monoisotopic (exact) mass is 361 g/mol. The summed E-state index contributed by atoms with van der Waals surface area (Å²) in [5.74, 6) is -2.02. The highest BCUT2D eigenvalue weighted by Gasteiger charge is 2.42. The molecular weight excluding hydrogens is 334 g/mol. The first-order valence-electron chi connectivity index (χ1n) is 9.19. The van der Waals surface area contributed by atoms with Crippen molar-refractivity contribution < 1.29 is 19.1 Å². The highest BCUT2D eigenvalue weighted by molar-refractivity contribution is 6.06. The number of nitrogens with one attached hydrogen (secondary N) is 1. The number of hydrogen-bond donors (Lipinski definition) is 1. The second-order valence-corrected chi connectivity index (χ2v) is 7.60. The fourth-order valence-corrected chi connectivity index (χ4v) is 3.96. The summed E-state index contributed by atoms with van der Waals surface area (Å²) in [6.07, 6.45) is 3.32. The molecule has 0 aromatic rings. The molecule has 0 aromatic heterocycles. The molecule has 0 aromatic carbocycles. The van der Waals surface area contributed by atoms with Gasteiger partial charge >= 0.3 is 5.97 Å². The average Bonchev–Trinajstić information content (AvgIpc) is 2.97. The van der Waals surface area contributed by atoms with Crippen molar-refractivity contribution in [2.45, 2.75) is 52.5 Å². The number of amides is 1. The molecule has 5 atom stereocenters. The smallest absolute Gasteiger partial charge is 0.311 e. The minimum atomic E-state index is -1.19. The van der Waals surface area contributed by atoms with Gasteiger partial charge in [-0.3, -0.25) is 14.4 Å². The van der Waals surface area contributed by atoms with E-state index in [1.165, 1.54) is 13.3 Å². The zero-order chi connectivity index (χ0) is 19.4. The molecule has 1 aliphatic heterocycles. The molecule has 1 heterocycles. The number of carbonyl (C=O) groups excluding carboxylic acids is 3. The number of ether oxygens (including phenoxy) is 1. The molecule has 7 nitrogen and oxygen atoms in total. The predicted molar refractivity (Wildman–Crippen MR) is 94.3 cm³/mol. The van der Waals surface area contributed by atoms with Crippen molar-refractivity contribution >= 4 is 23.4 Å². The Balaban J connectivity index is 1.91. The van der Waals surface area contributed by atoms with E-state index in [1.54, 1.807) is 6.07 Å². The number of Topliss-reactive ketones (excluding diaryl/α,β-unsaturated/α-hetero) is 1. The van der Waals surface area contributed by atoms with Crippen molar-refractivity contribution in [2.24, 2.45) is 23.7 Å². The van der Waals surface area contributed by atoms with Crippen molar-refractivity contribution in [1.29, 1.82) is 10.7 Å². The zero-order valence-corrected chi connectivity index (χ0v) is 15.7. The van der Waals surface area contributed by atoms with Gasteiger partial charge < -0.3 is 15.0 Å². The van der Waals surface area contributed by atoms with Crippen molar-refractivity contribution in [2.75, 3.05) is 13.2 Å². The van der Waals surface area contributed by atoms with Crippen LogP contribution in [0.4, 0.5) is 0 Å². The van der Waals surface area contributed by atoms with Gasteiger partial charge in [0.2, 0.25) is 5.91 Å². The summed E-state index contributed by atoms with van der Waals surface area (Å²) in [5.41, 5.74) is -0.0730. The Bertz CT molecular complexity index is 639. The van der Waals surface area contributed by atoms with E-state index >= 15 is 0 Å². The normalized spacial score (nSPS) is 29.8. The summed E-state index contributed by atoms with van der Waals surface area (Å²) >= 11 is 0. The molecule has 0 radical (unpaired) electrons. The lowest BCUT2D eigenvalue weighted by molar-refractivity contribution is -0.152. The van der Waals surface area contributed by atoms with Gasteiger partial charge in [-0.15, -0.1) is 0 Å². The van der Waals surface area contributed by atoms with Crippen LogP contribution in [0.15, 0.2) is 0 Å². The molecule has 2 rings (SSSR count). The van der Waals surface area contributed by atoms with Crippen LogP contribution < -0.4 is 0 Å². The van der Waals surface area contributed by atoms with E-state index in [2.05, 4.69) is 13.8 Å². The Labute approximate surface area is 154 Å². The van der Waals surface area contributed by atoms with Gasteiger partial charge in [0.15, 0.2) is 12.4 Å². The number of esters is 1. The van der Waals surface area contributed by atoms with Gasteiger partial charge in [-0.05, 0) is 25.2 Å².